The lowest BCUT2D eigenvalue weighted by Gasteiger charge is -2.27. The lowest BCUT2D eigenvalue weighted by atomic mass is 9.87. The van der Waals surface area contributed by atoms with Crippen LogP contribution in [0.25, 0.3) is 0 Å². The second-order valence-corrected chi connectivity index (χ2v) is 6.40. The van der Waals surface area contributed by atoms with Crippen molar-refractivity contribution in [3.8, 4) is 0 Å². The molecular formula is C15H26N2. The summed E-state index contributed by atoms with van der Waals surface area (Å²) in [5, 5.41) is 3.75. The third-order valence-corrected chi connectivity index (χ3v) is 5.07. The van der Waals surface area contributed by atoms with Crippen molar-refractivity contribution in [2.75, 3.05) is 20.1 Å². The van der Waals surface area contributed by atoms with Gasteiger partial charge in [-0.2, -0.15) is 0 Å². The minimum atomic E-state index is 0.697. The minimum absolute atomic E-state index is 0.697. The zero-order valence-corrected chi connectivity index (χ0v) is 11.2. The number of allylic oxidation sites excluding steroid dienone is 2. The highest BCUT2D eigenvalue weighted by molar-refractivity contribution is 5.11. The molecule has 2 fully saturated rings. The first-order valence-corrected chi connectivity index (χ1v) is 7.36. The molecule has 4 unspecified atom stereocenters. The smallest absolute Gasteiger partial charge is 0.0107 e. The van der Waals surface area contributed by atoms with Crippen molar-refractivity contribution in [2.45, 2.75) is 44.7 Å². The molecule has 17 heavy (non-hydrogen) atoms. The summed E-state index contributed by atoms with van der Waals surface area (Å²) in [6.45, 7) is 4.76. The maximum atomic E-state index is 3.75. The predicted molar refractivity (Wildman–Crippen MR) is 72.0 cm³/mol. The Morgan fingerprint density at radius 3 is 2.71 bits per heavy atom. The number of nitrogens with one attached hydrogen (secondary N) is 1. The quantitative estimate of drug-likeness (QED) is 0.709. The van der Waals surface area contributed by atoms with Crippen molar-refractivity contribution in [3.63, 3.8) is 0 Å². The number of hydrogen-bond acceptors (Lipinski definition) is 2. The highest BCUT2D eigenvalue weighted by atomic mass is 15.2. The molecule has 3 aliphatic carbocycles. The molecule has 0 radical (unpaired) electrons. The summed E-state index contributed by atoms with van der Waals surface area (Å²) < 4.78 is 0. The van der Waals surface area contributed by atoms with Gasteiger partial charge in [-0.25, -0.2) is 0 Å². The predicted octanol–water partition coefficient (Wildman–Crippen LogP) is 2.27. The van der Waals surface area contributed by atoms with E-state index in [-0.39, 0.29) is 0 Å². The fourth-order valence-corrected chi connectivity index (χ4v) is 3.72. The van der Waals surface area contributed by atoms with Crippen LogP contribution in [0.5, 0.6) is 0 Å². The van der Waals surface area contributed by atoms with E-state index in [1.165, 1.54) is 32.2 Å². The third-order valence-electron chi connectivity index (χ3n) is 5.07. The Kier molecular flexibility index (Phi) is 3.27. The number of likely N-dealkylation sites (N-methyl/N-ethyl adjacent to an activating group) is 1. The van der Waals surface area contributed by atoms with E-state index >= 15 is 0 Å². The van der Waals surface area contributed by atoms with Crippen LogP contribution in [0.2, 0.25) is 0 Å². The van der Waals surface area contributed by atoms with Gasteiger partial charge in [0.15, 0.2) is 0 Å². The minimum Gasteiger partial charge on any atom is -0.313 e. The van der Waals surface area contributed by atoms with Crippen LogP contribution in [0.1, 0.15) is 32.6 Å². The van der Waals surface area contributed by atoms with Gasteiger partial charge in [0.25, 0.3) is 0 Å². The SMILES string of the molecule is CC(NCCN(C)C1CC1)C1CC2C=CC1C2. The Labute approximate surface area is 105 Å². The molecule has 0 aromatic heterocycles. The first-order valence-electron chi connectivity index (χ1n) is 7.36. The molecule has 3 aliphatic rings. The molecule has 2 saturated carbocycles. The van der Waals surface area contributed by atoms with E-state index in [4.69, 9.17) is 0 Å². The molecule has 0 aromatic rings. The second kappa shape index (κ2) is 4.74. The van der Waals surface area contributed by atoms with Crippen LogP contribution in [0.4, 0.5) is 0 Å². The van der Waals surface area contributed by atoms with Gasteiger partial charge in [0.05, 0.1) is 0 Å². The molecule has 2 nitrogen and oxygen atoms in total. The number of rotatable bonds is 6. The average molecular weight is 234 g/mol. The number of fused-ring (bicyclic) bond motifs is 2. The molecule has 0 aliphatic heterocycles. The fraction of sp³-hybridized carbons (Fsp3) is 0.867. The zero-order valence-electron chi connectivity index (χ0n) is 11.2. The Bertz CT molecular complexity index is 295. The van der Waals surface area contributed by atoms with Gasteiger partial charge in [-0.05, 0) is 57.4 Å². The van der Waals surface area contributed by atoms with Crippen molar-refractivity contribution >= 4 is 0 Å². The maximum Gasteiger partial charge on any atom is 0.0107 e. The third kappa shape index (κ3) is 2.58. The molecule has 2 bridgehead atoms. The van der Waals surface area contributed by atoms with Crippen molar-refractivity contribution in [1.82, 2.24) is 10.2 Å². The topological polar surface area (TPSA) is 15.3 Å². The average Bonchev–Trinajstić information content (AvgIpc) is 2.97. The van der Waals surface area contributed by atoms with E-state index in [2.05, 4.69) is 36.3 Å². The summed E-state index contributed by atoms with van der Waals surface area (Å²) in [5.74, 6) is 2.68. The van der Waals surface area contributed by atoms with Crippen LogP contribution >= 0.6 is 0 Å². The molecule has 0 amide bonds. The van der Waals surface area contributed by atoms with Crippen molar-refractivity contribution in [3.05, 3.63) is 12.2 Å². The van der Waals surface area contributed by atoms with Crippen LogP contribution in [-0.4, -0.2) is 37.1 Å². The molecular weight excluding hydrogens is 208 g/mol. The molecule has 1 N–H and O–H groups in total. The standard InChI is InChI=1S/C15H26N2/c1-11(15-10-12-3-4-13(15)9-12)16-7-8-17(2)14-5-6-14/h3-4,11-16H,5-10H2,1-2H3. The van der Waals surface area contributed by atoms with E-state index in [0.29, 0.717) is 6.04 Å². The molecule has 0 saturated heterocycles. The van der Waals surface area contributed by atoms with E-state index in [1.54, 1.807) is 0 Å². The van der Waals surface area contributed by atoms with Gasteiger partial charge in [0.1, 0.15) is 0 Å². The molecule has 96 valence electrons. The van der Waals surface area contributed by atoms with Crippen molar-refractivity contribution < 1.29 is 0 Å². The van der Waals surface area contributed by atoms with Gasteiger partial charge in [0, 0.05) is 25.2 Å². The lowest BCUT2D eigenvalue weighted by Crippen LogP contribution is -2.40. The monoisotopic (exact) mass is 234 g/mol. The maximum absolute atomic E-state index is 3.75. The summed E-state index contributed by atoms with van der Waals surface area (Å²) in [4.78, 5) is 2.51. The molecule has 3 rings (SSSR count). The van der Waals surface area contributed by atoms with Crippen LogP contribution in [0, 0.1) is 17.8 Å². The summed E-state index contributed by atoms with van der Waals surface area (Å²) in [6, 6.07) is 1.60. The lowest BCUT2D eigenvalue weighted by molar-refractivity contribution is 0.285. The Morgan fingerprint density at radius 1 is 1.29 bits per heavy atom. The van der Waals surface area contributed by atoms with Gasteiger partial charge in [0.2, 0.25) is 0 Å². The molecule has 0 heterocycles. The Hall–Kier alpha value is -0.340. The van der Waals surface area contributed by atoms with E-state index in [9.17, 15) is 0 Å². The molecule has 4 atom stereocenters. The molecule has 2 heteroatoms. The Balaban J connectivity index is 1.38. The largest absolute Gasteiger partial charge is 0.313 e. The summed E-state index contributed by atoms with van der Waals surface area (Å²) in [6.07, 6.45) is 10.6. The summed E-state index contributed by atoms with van der Waals surface area (Å²) >= 11 is 0. The van der Waals surface area contributed by atoms with E-state index < -0.39 is 0 Å². The normalized spacial score (nSPS) is 37.0. The molecule has 0 spiro atoms. The Morgan fingerprint density at radius 2 is 2.12 bits per heavy atom. The van der Waals surface area contributed by atoms with Gasteiger partial charge in [-0.15, -0.1) is 0 Å². The van der Waals surface area contributed by atoms with Crippen LogP contribution in [-0.2, 0) is 0 Å². The van der Waals surface area contributed by atoms with Crippen LogP contribution in [0.15, 0.2) is 12.2 Å². The second-order valence-electron chi connectivity index (χ2n) is 6.40. The van der Waals surface area contributed by atoms with Gasteiger partial charge in [-0.3, -0.25) is 0 Å². The van der Waals surface area contributed by atoms with Crippen molar-refractivity contribution in [2.24, 2.45) is 17.8 Å². The van der Waals surface area contributed by atoms with E-state index in [1.807, 2.05) is 0 Å². The fourth-order valence-electron chi connectivity index (χ4n) is 3.72. The van der Waals surface area contributed by atoms with Crippen molar-refractivity contribution in [1.29, 1.82) is 0 Å². The highest BCUT2D eigenvalue weighted by Crippen LogP contribution is 2.44. The van der Waals surface area contributed by atoms with Gasteiger partial charge >= 0.3 is 0 Å². The highest BCUT2D eigenvalue weighted by Gasteiger charge is 2.38. The van der Waals surface area contributed by atoms with Crippen LogP contribution in [0.3, 0.4) is 0 Å². The number of hydrogen-bond donors (Lipinski definition) is 1. The summed E-state index contributed by atoms with van der Waals surface area (Å²) in [7, 11) is 2.27. The zero-order chi connectivity index (χ0) is 11.8. The van der Waals surface area contributed by atoms with Gasteiger partial charge in [-0.1, -0.05) is 12.2 Å². The van der Waals surface area contributed by atoms with Crippen LogP contribution < -0.4 is 5.32 Å². The van der Waals surface area contributed by atoms with Gasteiger partial charge < -0.3 is 10.2 Å². The first-order chi connectivity index (χ1) is 8.24. The summed E-state index contributed by atoms with van der Waals surface area (Å²) in [5.41, 5.74) is 0. The van der Waals surface area contributed by atoms with E-state index in [0.717, 1.165) is 30.3 Å². The first kappa shape index (κ1) is 11.7. The molecule has 0 aromatic carbocycles. The number of nitrogens with zero attached hydrogens (tertiary/aromatic N) is 1.